The molecule has 5 nitrogen and oxygen atoms in total. The van der Waals surface area contributed by atoms with Crippen LogP contribution < -0.4 is 0 Å². The summed E-state index contributed by atoms with van der Waals surface area (Å²) < 4.78 is 45.7. The molecule has 0 spiro atoms. The summed E-state index contributed by atoms with van der Waals surface area (Å²) in [5.74, 6) is -0.185. The lowest BCUT2D eigenvalue weighted by Gasteiger charge is -2.41. The molecule has 214 valence electrons. The topological polar surface area (TPSA) is 45.7 Å². The monoisotopic (exact) mass is 553 g/mol. The first-order valence-corrected chi connectivity index (χ1v) is 13.7. The van der Waals surface area contributed by atoms with E-state index in [1.165, 1.54) is 13.8 Å². The quantitative estimate of drug-likeness (QED) is 0.279. The van der Waals surface area contributed by atoms with Crippen molar-refractivity contribution in [2.45, 2.75) is 70.9 Å². The van der Waals surface area contributed by atoms with Gasteiger partial charge in [-0.25, -0.2) is 0 Å². The van der Waals surface area contributed by atoms with Gasteiger partial charge in [0.25, 0.3) is 0 Å². The number of carbonyl (C=O) groups excluding carboxylic acids is 1. The van der Waals surface area contributed by atoms with Crippen LogP contribution in [-0.2, 0) is 28.0 Å². The van der Waals surface area contributed by atoms with E-state index in [2.05, 4.69) is 26.9 Å². The molecule has 1 aromatic heterocycles. The minimum atomic E-state index is -4.31. The lowest BCUT2D eigenvalue weighted by atomic mass is 9.83. The molecule has 0 radical (unpaired) electrons. The van der Waals surface area contributed by atoms with Crippen molar-refractivity contribution in [1.82, 2.24) is 14.8 Å². The summed E-state index contributed by atoms with van der Waals surface area (Å²) >= 11 is 0. The molecule has 2 aromatic carbocycles. The number of halogens is 3. The second-order valence-electron chi connectivity index (χ2n) is 11.4. The van der Waals surface area contributed by atoms with Gasteiger partial charge in [0.2, 0.25) is 0 Å². The first-order valence-electron chi connectivity index (χ1n) is 13.7. The summed E-state index contributed by atoms with van der Waals surface area (Å²) in [6.07, 6.45) is -0.551. The Labute approximate surface area is 235 Å². The van der Waals surface area contributed by atoms with Crippen LogP contribution in [0.4, 0.5) is 13.2 Å². The van der Waals surface area contributed by atoms with Crippen LogP contribution in [0.5, 0.6) is 0 Å². The fourth-order valence-electron chi connectivity index (χ4n) is 5.03. The van der Waals surface area contributed by atoms with Crippen molar-refractivity contribution in [2.24, 2.45) is 0 Å². The number of piperazine rings is 1. The number of aromatic nitrogens is 1. The smallest absolute Gasteiger partial charge is 0.397 e. The van der Waals surface area contributed by atoms with Gasteiger partial charge >= 0.3 is 12.1 Å². The van der Waals surface area contributed by atoms with Gasteiger partial charge in [-0.05, 0) is 67.6 Å². The van der Waals surface area contributed by atoms with E-state index in [4.69, 9.17) is 4.74 Å². The molecule has 1 saturated heterocycles. The Morgan fingerprint density at radius 2 is 1.48 bits per heavy atom. The maximum Gasteiger partial charge on any atom is 0.397 e. The van der Waals surface area contributed by atoms with Crippen LogP contribution in [0.3, 0.4) is 0 Å². The molecule has 0 N–H and O–H groups in total. The normalized spacial score (nSPS) is 17.2. The van der Waals surface area contributed by atoms with Gasteiger partial charge in [0.15, 0.2) is 0 Å². The highest BCUT2D eigenvalue weighted by Gasteiger charge is 2.48. The van der Waals surface area contributed by atoms with Gasteiger partial charge in [0.1, 0.15) is 0 Å². The Bertz CT molecular complexity index is 1240. The van der Waals surface area contributed by atoms with E-state index < -0.39 is 11.6 Å². The molecule has 1 aliphatic heterocycles. The third-order valence-corrected chi connectivity index (χ3v) is 7.60. The Kier molecular flexibility index (Phi) is 9.31. The van der Waals surface area contributed by atoms with Crippen LogP contribution in [0.2, 0.25) is 0 Å². The van der Waals surface area contributed by atoms with Crippen LogP contribution in [0.15, 0.2) is 73.1 Å². The average molecular weight is 554 g/mol. The minimum absolute atomic E-state index is 0.0342. The number of rotatable bonds is 9. The van der Waals surface area contributed by atoms with Gasteiger partial charge in [0, 0.05) is 51.2 Å². The van der Waals surface area contributed by atoms with E-state index in [1.54, 1.807) is 36.7 Å². The predicted molar refractivity (Wildman–Crippen MR) is 151 cm³/mol. The van der Waals surface area contributed by atoms with Gasteiger partial charge in [-0.1, -0.05) is 48.5 Å². The summed E-state index contributed by atoms with van der Waals surface area (Å²) in [4.78, 5) is 21.4. The fraction of sp³-hybridized carbons (Fsp3) is 0.438. The number of esters is 1. The molecule has 1 atom stereocenters. The third kappa shape index (κ3) is 7.49. The molecule has 0 aliphatic carbocycles. The summed E-state index contributed by atoms with van der Waals surface area (Å²) in [5, 5.41) is 0. The molecule has 2 heterocycles. The van der Waals surface area contributed by atoms with Crippen molar-refractivity contribution in [1.29, 1.82) is 0 Å². The highest BCUT2D eigenvalue weighted by molar-refractivity contribution is 5.70. The number of hydrogen-bond donors (Lipinski definition) is 0. The van der Waals surface area contributed by atoms with Crippen molar-refractivity contribution >= 4 is 5.97 Å². The van der Waals surface area contributed by atoms with Crippen LogP contribution >= 0.6 is 0 Å². The summed E-state index contributed by atoms with van der Waals surface area (Å²) in [6, 6.07) is 18.8. The van der Waals surface area contributed by atoms with Crippen molar-refractivity contribution in [3.05, 3.63) is 89.7 Å². The van der Waals surface area contributed by atoms with E-state index >= 15 is 0 Å². The van der Waals surface area contributed by atoms with Gasteiger partial charge < -0.3 is 4.74 Å². The predicted octanol–water partition coefficient (Wildman–Crippen LogP) is 6.62. The SMILES string of the molecule is CC(C)OC(=O)CC1CN(Cc2ccc(-c3ccc(C(C)(C)C(F)(F)F)cc3)cc2)CCN1Cc1ccncc1. The standard InChI is InChI=1S/C32H38F3N3O2/c1-23(2)40-30(39)19-29-22-37(17-18-38(29)21-25-13-15-36-16-14-25)20-24-5-7-26(8-6-24)27-9-11-28(12-10-27)31(3,4)32(33,34)35/h5-16,23,29H,17-22H2,1-4H3. The molecule has 1 fully saturated rings. The maximum atomic E-state index is 13.4. The van der Waals surface area contributed by atoms with Crippen LogP contribution in [0, 0.1) is 0 Å². The lowest BCUT2D eigenvalue weighted by Crippen LogP contribution is -2.53. The number of carbonyl (C=O) groups is 1. The van der Waals surface area contributed by atoms with Crippen molar-refractivity contribution in [2.75, 3.05) is 19.6 Å². The zero-order valence-electron chi connectivity index (χ0n) is 23.6. The Balaban J connectivity index is 1.41. The lowest BCUT2D eigenvalue weighted by molar-refractivity contribution is -0.180. The van der Waals surface area contributed by atoms with E-state index in [-0.39, 0.29) is 23.7 Å². The molecule has 3 aromatic rings. The number of ether oxygens (including phenoxy) is 1. The molecule has 8 heteroatoms. The molecule has 0 bridgehead atoms. The maximum absolute atomic E-state index is 13.4. The summed E-state index contributed by atoms with van der Waals surface area (Å²) in [6.45, 7) is 10.1. The molecule has 4 rings (SSSR count). The number of hydrogen-bond acceptors (Lipinski definition) is 5. The van der Waals surface area contributed by atoms with E-state index in [0.29, 0.717) is 6.42 Å². The minimum Gasteiger partial charge on any atom is -0.463 e. The van der Waals surface area contributed by atoms with Crippen LogP contribution in [0.1, 0.15) is 50.8 Å². The molecule has 1 aliphatic rings. The second-order valence-corrected chi connectivity index (χ2v) is 11.4. The second kappa shape index (κ2) is 12.5. The zero-order chi connectivity index (χ0) is 28.9. The number of benzene rings is 2. The zero-order valence-corrected chi connectivity index (χ0v) is 23.6. The summed E-state index contributed by atoms with van der Waals surface area (Å²) in [5.41, 5.74) is 2.48. The average Bonchev–Trinajstić information content (AvgIpc) is 2.90. The van der Waals surface area contributed by atoms with Crippen molar-refractivity contribution < 1.29 is 22.7 Å². The first kappa shape index (κ1) is 29.7. The van der Waals surface area contributed by atoms with E-state index in [0.717, 1.165) is 55.0 Å². The molecule has 40 heavy (non-hydrogen) atoms. The van der Waals surface area contributed by atoms with Gasteiger partial charge in [-0.3, -0.25) is 19.6 Å². The number of pyridine rings is 1. The van der Waals surface area contributed by atoms with Gasteiger partial charge in [0.05, 0.1) is 17.9 Å². The van der Waals surface area contributed by atoms with Crippen LogP contribution in [-0.4, -0.2) is 58.7 Å². The van der Waals surface area contributed by atoms with Crippen molar-refractivity contribution in [3.8, 4) is 11.1 Å². The Hall–Kier alpha value is -3.23. The number of alkyl halides is 3. The highest BCUT2D eigenvalue weighted by atomic mass is 19.4. The number of nitrogens with zero attached hydrogens (tertiary/aromatic N) is 3. The van der Waals surface area contributed by atoms with Crippen LogP contribution in [0.25, 0.3) is 11.1 Å². The molecule has 0 amide bonds. The van der Waals surface area contributed by atoms with Crippen molar-refractivity contribution in [3.63, 3.8) is 0 Å². The van der Waals surface area contributed by atoms with Gasteiger partial charge in [-0.15, -0.1) is 0 Å². The van der Waals surface area contributed by atoms with Gasteiger partial charge in [-0.2, -0.15) is 13.2 Å². The van der Waals surface area contributed by atoms with E-state index in [9.17, 15) is 18.0 Å². The fourth-order valence-corrected chi connectivity index (χ4v) is 5.03. The molecular weight excluding hydrogens is 515 g/mol. The third-order valence-electron chi connectivity index (χ3n) is 7.60. The highest BCUT2D eigenvalue weighted by Crippen LogP contribution is 2.40. The molecular formula is C32H38F3N3O2. The first-order chi connectivity index (χ1) is 18.9. The molecule has 0 saturated carbocycles. The Morgan fingerprint density at radius 3 is 2.05 bits per heavy atom. The summed E-state index contributed by atoms with van der Waals surface area (Å²) in [7, 11) is 0. The molecule has 1 unspecified atom stereocenters. The largest absolute Gasteiger partial charge is 0.463 e. The Morgan fingerprint density at radius 1 is 0.900 bits per heavy atom. The van der Waals surface area contributed by atoms with E-state index in [1.807, 2.05) is 38.1 Å².